The van der Waals surface area contributed by atoms with E-state index < -0.39 is 0 Å². The molecular formula is C12H17ClN4O. The molecule has 0 aliphatic carbocycles. The Hall–Kier alpha value is -1.49. The minimum absolute atomic E-state index is 0.00407. The molecule has 2 rings (SSSR count). The molecule has 3 N–H and O–H groups in total. The highest BCUT2D eigenvalue weighted by molar-refractivity contribution is 6.33. The molecule has 2 heterocycles. The summed E-state index contributed by atoms with van der Waals surface area (Å²) in [6.07, 6.45) is 4.47. The molecule has 0 spiro atoms. The van der Waals surface area contributed by atoms with Crippen molar-refractivity contribution in [1.82, 2.24) is 10.3 Å². The van der Waals surface area contributed by atoms with Crippen LogP contribution in [0.3, 0.4) is 0 Å². The summed E-state index contributed by atoms with van der Waals surface area (Å²) in [5.74, 6) is 0.642. The molecule has 1 aliphatic heterocycles. The van der Waals surface area contributed by atoms with E-state index in [0.717, 1.165) is 25.8 Å². The van der Waals surface area contributed by atoms with E-state index in [-0.39, 0.29) is 11.9 Å². The summed E-state index contributed by atoms with van der Waals surface area (Å²) >= 11 is 6.16. The van der Waals surface area contributed by atoms with Crippen molar-refractivity contribution in [2.45, 2.75) is 25.3 Å². The molecule has 1 aromatic rings. The Morgan fingerprint density at radius 2 is 2.39 bits per heavy atom. The second kappa shape index (κ2) is 5.44. The van der Waals surface area contributed by atoms with Crippen molar-refractivity contribution in [2.24, 2.45) is 0 Å². The van der Waals surface area contributed by atoms with Crippen LogP contribution in [0.4, 0.5) is 11.5 Å². The van der Waals surface area contributed by atoms with Crippen molar-refractivity contribution >= 4 is 29.0 Å². The van der Waals surface area contributed by atoms with Crippen LogP contribution in [0, 0.1) is 0 Å². The number of hydrogen-bond acceptors (Lipinski definition) is 4. The molecule has 5 nitrogen and oxygen atoms in total. The predicted molar refractivity (Wildman–Crippen MR) is 72.7 cm³/mol. The number of nitrogens with two attached hydrogens (primary N) is 1. The fraction of sp³-hybridized carbons (Fsp3) is 0.500. The topological polar surface area (TPSA) is 71.2 Å². The van der Waals surface area contributed by atoms with Crippen LogP contribution in [-0.2, 0) is 4.79 Å². The minimum Gasteiger partial charge on any atom is -0.397 e. The molecular weight excluding hydrogens is 252 g/mol. The molecule has 18 heavy (non-hydrogen) atoms. The van der Waals surface area contributed by atoms with Crippen LogP contribution in [0.5, 0.6) is 0 Å². The van der Waals surface area contributed by atoms with Crippen LogP contribution in [0.2, 0.25) is 5.02 Å². The zero-order valence-corrected chi connectivity index (χ0v) is 11.1. The van der Waals surface area contributed by atoms with Crippen molar-refractivity contribution in [1.29, 1.82) is 0 Å². The summed E-state index contributed by atoms with van der Waals surface area (Å²) in [7, 11) is 1.65. The van der Waals surface area contributed by atoms with E-state index in [2.05, 4.69) is 10.3 Å². The van der Waals surface area contributed by atoms with Crippen LogP contribution >= 0.6 is 11.6 Å². The van der Waals surface area contributed by atoms with E-state index >= 15 is 0 Å². The van der Waals surface area contributed by atoms with E-state index in [1.165, 1.54) is 0 Å². The predicted octanol–water partition coefficient (Wildman–Crippen LogP) is 1.42. The number of pyridine rings is 1. The monoisotopic (exact) mass is 268 g/mol. The maximum absolute atomic E-state index is 11.9. The van der Waals surface area contributed by atoms with Gasteiger partial charge in [-0.05, 0) is 25.3 Å². The first-order valence-corrected chi connectivity index (χ1v) is 6.40. The first-order chi connectivity index (χ1) is 8.63. The van der Waals surface area contributed by atoms with Gasteiger partial charge in [-0.1, -0.05) is 11.6 Å². The molecule has 1 aliphatic rings. The number of rotatable bonds is 2. The number of carbonyl (C=O) groups is 1. The van der Waals surface area contributed by atoms with E-state index in [1.807, 2.05) is 4.90 Å². The van der Waals surface area contributed by atoms with Crippen LogP contribution in [-0.4, -0.2) is 30.5 Å². The number of nitrogen functional groups attached to an aromatic ring is 1. The number of halogens is 1. The molecule has 1 atom stereocenters. The van der Waals surface area contributed by atoms with E-state index in [9.17, 15) is 4.79 Å². The lowest BCUT2D eigenvalue weighted by molar-refractivity contribution is -0.122. The highest BCUT2D eigenvalue weighted by Crippen LogP contribution is 2.30. The molecule has 1 aromatic heterocycles. The molecule has 98 valence electrons. The van der Waals surface area contributed by atoms with Gasteiger partial charge in [0.05, 0.1) is 16.9 Å². The van der Waals surface area contributed by atoms with Gasteiger partial charge in [0.2, 0.25) is 5.91 Å². The van der Waals surface area contributed by atoms with Gasteiger partial charge in [-0.2, -0.15) is 0 Å². The molecule has 1 saturated heterocycles. The Morgan fingerprint density at radius 1 is 1.61 bits per heavy atom. The summed E-state index contributed by atoms with van der Waals surface area (Å²) in [6.45, 7) is 0.786. The minimum atomic E-state index is -0.197. The first-order valence-electron chi connectivity index (χ1n) is 6.02. The molecule has 1 fully saturated rings. The van der Waals surface area contributed by atoms with Gasteiger partial charge in [-0.3, -0.25) is 4.79 Å². The normalized spacial score (nSPS) is 19.7. The average Bonchev–Trinajstić information content (AvgIpc) is 2.38. The maximum atomic E-state index is 11.9. The third-order valence-corrected chi connectivity index (χ3v) is 3.44. The SMILES string of the molecule is CNC(=O)C1CCCCN1c1ncc(N)cc1Cl. The van der Waals surface area contributed by atoms with Gasteiger partial charge in [0.1, 0.15) is 11.9 Å². The van der Waals surface area contributed by atoms with Gasteiger partial charge in [0, 0.05) is 13.6 Å². The number of nitrogens with one attached hydrogen (secondary N) is 1. The second-order valence-corrected chi connectivity index (χ2v) is 4.80. The fourth-order valence-electron chi connectivity index (χ4n) is 2.28. The van der Waals surface area contributed by atoms with Crippen LogP contribution in [0.15, 0.2) is 12.3 Å². The number of anilines is 2. The lowest BCUT2D eigenvalue weighted by atomic mass is 10.0. The quantitative estimate of drug-likeness (QED) is 0.851. The molecule has 0 saturated carbocycles. The molecule has 6 heteroatoms. The van der Waals surface area contributed by atoms with Crippen LogP contribution in [0.1, 0.15) is 19.3 Å². The number of hydrogen-bond donors (Lipinski definition) is 2. The zero-order chi connectivity index (χ0) is 13.1. The third kappa shape index (κ3) is 2.51. The zero-order valence-electron chi connectivity index (χ0n) is 10.3. The second-order valence-electron chi connectivity index (χ2n) is 4.39. The van der Waals surface area contributed by atoms with Crippen molar-refractivity contribution in [3.05, 3.63) is 17.3 Å². The largest absolute Gasteiger partial charge is 0.397 e. The average molecular weight is 269 g/mol. The molecule has 1 unspecified atom stereocenters. The smallest absolute Gasteiger partial charge is 0.242 e. The van der Waals surface area contributed by atoms with Crippen molar-refractivity contribution in [3.8, 4) is 0 Å². The third-order valence-electron chi connectivity index (χ3n) is 3.17. The van der Waals surface area contributed by atoms with Crippen LogP contribution < -0.4 is 16.0 Å². The lowest BCUT2D eigenvalue weighted by Gasteiger charge is -2.35. The van der Waals surface area contributed by atoms with E-state index in [1.54, 1.807) is 19.3 Å². The van der Waals surface area contributed by atoms with Crippen LogP contribution in [0.25, 0.3) is 0 Å². The van der Waals surface area contributed by atoms with E-state index in [4.69, 9.17) is 17.3 Å². The van der Waals surface area contributed by atoms with Gasteiger partial charge >= 0.3 is 0 Å². The summed E-state index contributed by atoms with van der Waals surface area (Å²) in [4.78, 5) is 18.1. The summed E-state index contributed by atoms with van der Waals surface area (Å²) in [6, 6.07) is 1.47. The van der Waals surface area contributed by atoms with Crippen molar-refractivity contribution in [2.75, 3.05) is 24.2 Å². The number of amides is 1. The Balaban J connectivity index is 2.30. The van der Waals surface area contributed by atoms with E-state index in [0.29, 0.717) is 16.5 Å². The number of aromatic nitrogens is 1. The summed E-state index contributed by atoms with van der Waals surface area (Å²) in [5, 5.41) is 3.18. The van der Waals surface area contributed by atoms with Gasteiger partial charge in [-0.25, -0.2) is 4.98 Å². The number of piperidine rings is 1. The molecule has 0 radical (unpaired) electrons. The number of nitrogens with zero attached hydrogens (tertiary/aromatic N) is 2. The van der Waals surface area contributed by atoms with Gasteiger partial charge in [0.25, 0.3) is 0 Å². The standard InChI is InChI=1S/C12H17ClN4O/c1-15-12(18)10-4-2-3-5-17(10)11-9(13)6-8(14)7-16-11/h6-7,10H,2-5,14H2,1H3,(H,15,18). The molecule has 1 amide bonds. The van der Waals surface area contributed by atoms with Gasteiger partial charge < -0.3 is 16.0 Å². The molecule has 0 bridgehead atoms. The summed E-state index contributed by atoms with van der Waals surface area (Å²) in [5.41, 5.74) is 6.16. The van der Waals surface area contributed by atoms with Gasteiger partial charge in [0.15, 0.2) is 0 Å². The highest BCUT2D eigenvalue weighted by Gasteiger charge is 2.30. The summed E-state index contributed by atoms with van der Waals surface area (Å²) < 4.78 is 0. The number of carbonyl (C=O) groups excluding carboxylic acids is 1. The van der Waals surface area contributed by atoms with Crippen molar-refractivity contribution < 1.29 is 4.79 Å². The van der Waals surface area contributed by atoms with Crippen molar-refractivity contribution in [3.63, 3.8) is 0 Å². The number of likely N-dealkylation sites (N-methyl/N-ethyl adjacent to an activating group) is 1. The maximum Gasteiger partial charge on any atom is 0.242 e. The van der Waals surface area contributed by atoms with Gasteiger partial charge in [-0.15, -0.1) is 0 Å². The Bertz CT molecular complexity index is 452. The Morgan fingerprint density at radius 3 is 3.06 bits per heavy atom. The highest BCUT2D eigenvalue weighted by atomic mass is 35.5. The Kier molecular flexibility index (Phi) is 3.91. The molecule has 0 aromatic carbocycles. The lowest BCUT2D eigenvalue weighted by Crippen LogP contribution is -2.49. The fourth-order valence-corrected chi connectivity index (χ4v) is 2.56. The first kappa shape index (κ1) is 13.0. The Labute approximate surface area is 111 Å².